The minimum absolute atomic E-state index is 0.0587. The maximum atomic E-state index is 12.2. The highest BCUT2D eigenvalue weighted by molar-refractivity contribution is 5.96. The number of ether oxygens (including phenoxy) is 1. The Morgan fingerprint density at radius 3 is 2.71 bits per heavy atom. The quantitative estimate of drug-likeness (QED) is 0.610. The van der Waals surface area contributed by atoms with Crippen molar-refractivity contribution in [2.24, 2.45) is 0 Å². The summed E-state index contributed by atoms with van der Waals surface area (Å²) in [6.07, 6.45) is 2.27. The number of carbonyl (C=O) groups excluding carboxylic acids is 2. The van der Waals surface area contributed by atoms with Crippen LogP contribution in [0.25, 0.3) is 0 Å². The highest BCUT2D eigenvalue weighted by atomic mass is 16.5. The summed E-state index contributed by atoms with van der Waals surface area (Å²) in [6, 6.07) is 7.55. The van der Waals surface area contributed by atoms with Crippen molar-refractivity contribution in [3.05, 3.63) is 41.5 Å². The summed E-state index contributed by atoms with van der Waals surface area (Å²) in [7, 11) is 1.61. The fourth-order valence-corrected chi connectivity index (χ4v) is 2.19. The SMILES string of the molecule is COc1ccc(CN2CC=C(CCC(=O)NO)C2=O)cc1. The van der Waals surface area contributed by atoms with Crippen LogP contribution in [-0.4, -0.2) is 35.6 Å². The van der Waals surface area contributed by atoms with E-state index in [-0.39, 0.29) is 12.3 Å². The van der Waals surface area contributed by atoms with Gasteiger partial charge in [0.15, 0.2) is 0 Å². The number of nitrogens with one attached hydrogen (secondary N) is 1. The van der Waals surface area contributed by atoms with Crippen LogP contribution in [0.3, 0.4) is 0 Å². The average Bonchev–Trinajstić information content (AvgIpc) is 2.86. The highest BCUT2D eigenvalue weighted by Gasteiger charge is 2.23. The fourth-order valence-electron chi connectivity index (χ4n) is 2.19. The lowest BCUT2D eigenvalue weighted by molar-refractivity contribution is -0.129. The van der Waals surface area contributed by atoms with Crippen LogP contribution in [0.2, 0.25) is 0 Å². The van der Waals surface area contributed by atoms with Crippen molar-refractivity contribution in [3.8, 4) is 5.75 Å². The number of hydrogen-bond acceptors (Lipinski definition) is 4. The first kappa shape index (κ1) is 15.1. The first-order chi connectivity index (χ1) is 10.1. The standard InChI is InChI=1S/C15H18N2O4/c1-21-13-5-2-11(3-6-13)10-17-9-8-12(15(17)19)4-7-14(18)16-20/h2-3,5-6,8,20H,4,7,9-10H2,1H3,(H,16,18). The Morgan fingerprint density at radius 1 is 1.38 bits per heavy atom. The van der Waals surface area contributed by atoms with E-state index in [0.717, 1.165) is 11.3 Å². The lowest BCUT2D eigenvalue weighted by Crippen LogP contribution is -2.27. The van der Waals surface area contributed by atoms with Crippen LogP contribution in [0.5, 0.6) is 5.75 Å². The second-order valence-electron chi connectivity index (χ2n) is 4.80. The van der Waals surface area contributed by atoms with E-state index in [0.29, 0.717) is 25.1 Å². The number of methoxy groups -OCH3 is 1. The highest BCUT2D eigenvalue weighted by Crippen LogP contribution is 2.20. The van der Waals surface area contributed by atoms with Gasteiger partial charge in [-0.25, -0.2) is 5.48 Å². The number of amides is 2. The molecule has 2 N–H and O–H groups in total. The van der Waals surface area contributed by atoms with Gasteiger partial charge in [-0.15, -0.1) is 0 Å². The van der Waals surface area contributed by atoms with E-state index in [2.05, 4.69) is 0 Å². The van der Waals surface area contributed by atoms with Crippen molar-refractivity contribution < 1.29 is 19.5 Å². The van der Waals surface area contributed by atoms with Gasteiger partial charge in [-0.3, -0.25) is 14.8 Å². The molecule has 1 aliphatic heterocycles. The van der Waals surface area contributed by atoms with Gasteiger partial charge in [-0.05, 0) is 24.1 Å². The number of carbonyl (C=O) groups is 2. The van der Waals surface area contributed by atoms with Gasteiger partial charge in [0.25, 0.3) is 0 Å². The maximum absolute atomic E-state index is 12.2. The van der Waals surface area contributed by atoms with Crippen LogP contribution in [-0.2, 0) is 16.1 Å². The van der Waals surface area contributed by atoms with Gasteiger partial charge < -0.3 is 9.64 Å². The molecule has 1 aliphatic rings. The summed E-state index contributed by atoms with van der Waals surface area (Å²) < 4.78 is 5.09. The summed E-state index contributed by atoms with van der Waals surface area (Å²) in [5.41, 5.74) is 3.20. The third-order valence-corrected chi connectivity index (χ3v) is 3.40. The molecule has 1 aromatic rings. The van der Waals surface area contributed by atoms with Crippen molar-refractivity contribution >= 4 is 11.8 Å². The van der Waals surface area contributed by atoms with E-state index in [1.54, 1.807) is 17.5 Å². The van der Waals surface area contributed by atoms with Gasteiger partial charge >= 0.3 is 0 Å². The molecule has 0 aliphatic carbocycles. The molecule has 0 unspecified atom stereocenters. The molecule has 2 amide bonds. The molecule has 6 nitrogen and oxygen atoms in total. The zero-order valence-electron chi connectivity index (χ0n) is 11.8. The van der Waals surface area contributed by atoms with E-state index < -0.39 is 5.91 Å². The molecule has 1 heterocycles. The maximum Gasteiger partial charge on any atom is 0.250 e. The van der Waals surface area contributed by atoms with Gasteiger partial charge in [0.1, 0.15) is 5.75 Å². The molecule has 6 heteroatoms. The number of rotatable bonds is 6. The smallest absolute Gasteiger partial charge is 0.250 e. The summed E-state index contributed by atoms with van der Waals surface area (Å²) in [6.45, 7) is 1.07. The first-order valence-electron chi connectivity index (χ1n) is 6.68. The van der Waals surface area contributed by atoms with Crippen LogP contribution in [0, 0.1) is 0 Å². The zero-order valence-corrected chi connectivity index (χ0v) is 11.8. The third-order valence-electron chi connectivity index (χ3n) is 3.40. The Kier molecular flexibility index (Phi) is 4.94. The molecule has 0 fully saturated rings. The molecule has 0 spiro atoms. The van der Waals surface area contributed by atoms with E-state index >= 15 is 0 Å². The normalized spacial score (nSPS) is 14.1. The summed E-state index contributed by atoms with van der Waals surface area (Å²) in [5.74, 6) is 0.231. The van der Waals surface area contributed by atoms with Gasteiger partial charge in [0.05, 0.1) is 7.11 Å². The molecule has 0 bridgehead atoms. The van der Waals surface area contributed by atoms with Crippen LogP contribution in [0.1, 0.15) is 18.4 Å². The number of hydrogen-bond donors (Lipinski definition) is 2. The number of hydroxylamine groups is 1. The minimum atomic E-state index is -0.489. The topological polar surface area (TPSA) is 78.9 Å². The predicted molar refractivity (Wildman–Crippen MR) is 75.7 cm³/mol. The van der Waals surface area contributed by atoms with E-state index in [4.69, 9.17) is 9.94 Å². The Morgan fingerprint density at radius 2 is 2.10 bits per heavy atom. The van der Waals surface area contributed by atoms with Crippen molar-refractivity contribution in [1.82, 2.24) is 10.4 Å². The van der Waals surface area contributed by atoms with Crippen LogP contribution < -0.4 is 10.2 Å². The molecule has 1 aromatic carbocycles. The molecule has 21 heavy (non-hydrogen) atoms. The molecule has 0 radical (unpaired) electrons. The largest absolute Gasteiger partial charge is 0.497 e. The summed E-state index contributed by atoms with van der Waals surface area (Å²) in [5, 5.41) is 8.44. The Hall–Kier alpha value is -2.34. The molecular weight excluding hydrogens is 272 g/mol. The second-order valence-corrected chi connectivity index (χ2v) is 4.80. The molecule has 112 valence electrons. The van der Waals surface area contributed by atoms with E-state index in [1.807, 2.05) is 30.3 Å². The monoisotopic (exact) mass is 290 g/mol. The first-order valence-corrected chi connectivity index (χ1v) is 6.68. The van der Waals surface area contributed by atoms with Gasteiger partial charge in [-0.2, -0.15) is 0 Å². The summed E-state index contributed by atoms with van der Waals surface area (Å²) in [4.78, 5) is 24.9. The van der Waals surface area contributed by atoms with E-state index in [9.17, 15) is 9.59 Å². The average molecular weight is 290 g/mol. The zero-order chi connectivity index (χ0) is 15.2. The minimum Gasteiger partial charge on any atom is -0.497 e. The van der Waals surface area contributed by atoms with Gasteiger partial charge in [0, 0.05) is 25.1 Å². The van der Waals surface area contributed by atoms with Crippen molar-refractivity contribution in [3.63, 3.8) is 0 Å². The van der Waals surface area contributed by atoms with E-state index in [1.165, 1.54) is 0 Å². The lowest BCUT2D eigenvalue weighted by Gasteiger charge is -2.17. The number of nitrogens with zero attached hydrogens (tertiary/aromatic N) is 1. The molecular formula is C15H18N2O4. The Balaban J connectivity index is 1.89. The third kappa shape index (κ3) is 3.82. The fraction of sp³-hybridized carbons (Fsp3) is 0.333. The molecule has 0 aromatic heterocycles. The van der Waals surface area contributed by atoms with Crippen LogP contribution in [0.4, 0.5) is 0 Å². The predicted octanol–water partition coefficient (Wildman–Crippen LogP) is 1.25. The van der Waals surface area contributed by atoms with Crippen LogP contribution >= 0.6 is 0 Å². The molecule has 0 atom stereocenters. The van der Waals surface area contributed by atoms with Crippen molar-refractivity contribution in [2.75, 3.05) is 13.7 Å². The van der Waals surface area contributed by atoms with Crippen molar-refractivity contribution in [2.45, 2.75) is 19.4 Å². The lowest BCUT2D eigenvalue weighted by atomic mass is 10.1. The summed E-state index contributed by atoms with van der Waals surface area (Å²) >= 11 is 0. The second kappa shape index (κ2) is 6.90. The van der Waals surface area contributed by atoms with Gasteiger partial charge in [-0.1, -0.05) is 18.2 Å². The molecule has 0 saturated carbocycles. The molecule has 0 saturated heterocycles. The molecule has 2 rings (SSSR count). The van der Waals surface area contributed by atoms with Crippen molar-refractivity contribution in [1.29, 1.82) is 0 Å². The number of benzene rings is 1. The Bertz CT molecular complexity index is 551. The Labute approximate surface area is 123 Å². The van der Waals surface area contributed by atoms with Gasteiger partial charge in [0.2, 0.25) is 11.8 Å². The van der Waals surface area contributed by atoms with Crippen LogP contribution in [0.15, 0.2) is 35.9 Å².